The predicted octanol–water partition coefficient (Wildman–Crippen LogP) is 3.99. The van der Waals surface area contributed by atoms with E-state index in [2.05, 4.69) is 10.8 Å². The number of nitrogens with zero attached hydrogens (tertiary/aromatic N) is 1. The Morgan fingerprint density at radius 1 is 0.917 bits per heavy atom. The number of aliphatic hydroxyl groups excluding tert-OH is 3. The molecule has 3 aliphatic heterocycles. The van der Waals surface area contributed by atoms with E-state index in [1.54, 1.807) is 34.6 Å². The quantitative estimate of drug-likeness (QED) is 0.196. The molecule has 18 atom stereocenters. The number of benzene rings is 1. The number of aliphatic hydroxyl groups is 4. The molecule has 0 bridgehead atoms. The molecule has 0 unspecified atom stereocenters. The summed E-state index contributed by atoms with van der Waals surface area (Å²) in [6.07, 6.45) is -3.90. The number of rotatable bonds is 10. The Hall–Kier alpha value is -2.52. The second-order valence-corrected chi connectivity index (χ2v) is 18.4. The minimum absolute atomic E-state index is 0.0788. The van der Waals surface area contributed by atoms with Gasteiger partial charge in [0, 0.05) is 57.0 Å². The van der Waals surface area contributed by atoms with Gasteiger partial charge in [-0.3, -0.25) is 14.5 Å². The van der Waals surface area contributed by atoms with E-state index < -0.39 is 108 Å². The molecule has 14 nitrogen and oxygen atoms in total. The summed E-state index contributed by atoms with van der Waals surface area (Å²) in [4.78, 5) is 30.4. The third-order valence-electron chi connectivity index (χ3n) is 14.0. The second-order valence-electron chi connectivity index (χ2n) is 18.4. The fourth-order valence-corrected chi connectivity index (χ4v) is 9.41. The van der Waals surface area contributed by atoms with E-state index in [1.807, 2.05) is 59.0 Å². The lowest BCUT2D eigenvalue weighted by molar-refractivity contribution is -0.322. The molecule has 0 spiro atoms. The Labute approximate surface area is 357 Å². The van der Waals surface area contributed by atoms with E-state index in [0.717, 1.165) is 11.1 Å². The maximum absolute atomic E-state index is 14.4. The summed E-state index contributed by atoms with van der Waals surface area (Å²) in [5, 5.41) is 46.4. The lowest BCUT2D eigenvalue weighted by Gasteiger charge is -2.51. The molecule has 0 saturated carbocycles. The van der Waals surface area contributed by atoms with Gasteiger partial charge in [-0.1, -0.05) is 45.7 Å². The molecule has 0 aliphatic carbocycles. The number of methoxy groups -OCH3 is 2. The molecule has 0 radical (unpaired) electrons. The van der Waals surface area contributed by atoms with Crippen LogP contribution in [0.25, 0.3) is 0 Å². The first-order chi connectivity index (χ1) is 28.0. The highest BCUT2D eigenvalue weighted by Gasteiger charge is 2.55. The summed E-state index contributed by atoms with van der Waals surface area (Å²) in [6, 6.07) is 7.28. The largest absolute Gasteiger partial charge is 0.459 e. The molecule has 4 N–H and O–H groups in total. The topological polar surface area (TPSA) is 183 Å². The monoisotopic (exact) mass is 848 g/mol. The number of hydrogen-bond donors (Lipinski definition) is 4. The van der Waals surface area contributed by atoms with Gasteiger partial charge in [-0.05, 0) is 85.0 Å². The Kier molecular flexibility index (Phi) is 17.0. The molecule has 4 rings (SSSR count). The molecule has 3 saturated heterocycles. The number of esters is 1. The Morgan fingerprint density at radius 3 is 2.12 bits per heavy atom. The molecule has 60 heavy (non-hydrogen) atoms. The average molecular weight is 848 g/mol. The van der Waals surface area contributed by atoms with Crippen molar-refractivity contribution >= 4 is 11.8 Å². The number of terminal acetylenes is 1. The van der Waals surface area contributed by atoms with Gasteiger partial charge in [0.05, 0.1) is 47.6 Å². The van der Waals surface area contributed by atoms with Crippen LogP contribution in [0.2, 0.25) is 0 Å². The zero-order valence-corrected chi connectivity index (χ0v) is 38.0. The predicted molar refractivity (Wildman–Crippen MR) is 223 cm³/mol. The van der Waals surface area contributed by atoms with Crippen molar-refractivity contribution < 1.29 is 63.2 Å². The van der Waals surface area contributed by atoms with Crippen LogP contribution in [0.4, 0.5) is 0 Å². The van der Waals surface area contributed by atoms with Crippen molar-refractivity contribution in [2.75, 3.05) is 21.3 Å². The van der Waals surface area contributed by atoms with Gasteiger partial charge in [0.1, 0.15) is 29.7 Å². The Bertz CT molecular complexity index is 1620. The minimum Gasteiger partial charge on any atom is -0.459 e. The Morgan fingerprint density at radius 2 is 1.55 bits per heavy atom. The standard InChI is InChI=1S/C46H73NO13/c1-15-31-17-19-32(20-18-31)24-47(12)33-22-26(4)56-43(37(33)49)60-41-28(6)38(59-36-23-44(9,54-13)40(51)30(8)57-36)29(7)42(52)58-35(16-2)45(10,53)39(50)27(5)34(48)21-25(3)46(41,11)55-14/h1,17-20,25-30,33,35-41,43,49-51,53H,16,21-24H2,2-14H3/t25-,26-,27+,28+,29-,30+,33+,35-,36+,37+,38+,39-,40+,41-,43+,44-,45-,46-/m1/s1. The molecule has 0 aromatic heterocycles. The molecular weight excluding hydrogens is 774 g/mol. The molecule has 3 aliphatic rings. The maximum Gasteiger partial charge on any atom is 0.311 e. The SMILES string of the molecule is C#Cc1ccc(CN(C)[C@H]2C[C@@H](C)O[C@@H](O[C@@H]3[C@@H](C)[C@H](O[C@H]4C[C@@](C)(OC)[C@@H](O)[C@H](C)O4)[C@@H](C)C(=O)O[C@H](CC)[C@@](C)(O)[C@H](O)[C@@H](C)C(=O)C[C@@H](C)[C@@]3(C)OC)[C@H]2O)cc1. The molecule has 3 heterocycles. The van der Waals surface area contributed by atoms with E-state index in [-0.39, 0.29) is 31.1 Å². The van der Waals surface area contributed by atoms with Gasteiger partial charge >= 0.3 is 5.97 Å². The van der Waals surface area contributed by atoms with Crippen LogP contribution in [-0.2, 0) is 49.3 Å². The smallest absolute Gasteiger partial charge is 0.311 e. The van der Waals surface area contributed by atoms with Gasteiger partial charge in [0.15, 0.2) is 12.6 Å². The van der Waals surface area contributed by atoms with E-state index >= 15 is 0 Å². The van der Waals surface area contributed by atoms with Crippen molar-refractivity contribution in [1.82, 2.24) is 4.90 Å². The highest BCUT2D eigenvalue weighted by atomic mass is 16.7. The van der Waals surface area contributed by atoms with Crippen molar-refractivity contribution in [2.24, 2.45) is 23.7 Å². The van der Waals surface area contributed by atoms with E-state index in [0.29, 0.717) is 13.0 Å². The first-order valence-electron chi connectivity index (χ1n) is 21.5. The normalized spacial score (nSPS) is 43.9. The van der Waals surface area contributed by atoms with Gasteiger partial charge in [-0.15, -0.1) is 6.42 Å². The minimum atomic E-state index is -1.98. The molecule has 0 amide bonds. The highest BCUT2D eigenvalue weighted by Crippen LogP contribution is 2.43. The molecule has 1 aromatic carbocycles. The van der Waals surface area contributed by atoms with E-state index in [1.165, 1.54) is 21.1 Å². The third kappa shape index (κ3) is 10.6. The van der Waals surface area contributed by atoms with Gasteiger partial charge in [0.25, 0.3) is 0 Å². The van der Waals surface area contributed by atoms with Crippen LogP contribution in [0.5, 0.6) is 0 Å². The highest BCUT2D eigenvalue weighted by molar-refractivity contribution is 5.81. The number of carbonyl (C=O) groups is 2. The molecule has 14 heteroatoms. The van der Waals surface area contributed by atoms with E-state index in [9.17, 15) is 30.0 Å². The van der Waals surface area contributed by atoms with Crippen LogP contribution in [0, 0.1) is 36.0 Å². The number of hydrogen-bond acceptors (Lipinski definition) is 14. The van der Waals surface area contributed by atoms with E-state index in [4.69, 9.17) is 39.6 Å². The van der Waals surface area contributed by atoms with Crippen LogP contribution in [0.3, 0.4) is 0 Å². The zero-order chi connectivity index (χ0) is 45.1. The number of cyclic esters (lactones) is 1. The van der Waals surface area contributed by atoms with Crippen molar-refractivity contribution in [1.29, 1.82) is 0 Å². The van der Waals surface area contributed by atoms with Crippen molar-refractivity contribution in [3.05, 3.63) is 35.4 Å². The van der Waals surface area contributed by atoms with Gasteiger partial charge in [-0.25, -0.2) is 0 Å². The summed E-state index contributed by atoms with van der Waals surface area (Å²) < 4.78 is 44.6. The van der Waals surface area contributed by atoms with Crippen molar-refractivity contribution in [3.63, 3.8) is 0 Å². The number of ether oxygens (including phenoxy) is 7. The number of ketones is 1. The van der Waals surface area contributed by atoms with Gasteiger partial charge in [0.2, 0.25) is 0 Å². The Balaban J connectivity index is 1.82. The van der Waals surface area contributed by atoms with Crippen LogP contribution >= 0.6 is 0 Å². The van der Waals surface area contributed by atoms with Crippen LogP contribution in [0.15, 0.2) is 24.3 Å². The third-order valence-corrected chi connectivity index (χ3v) is 14.0. The van der Waals surface area contributed by atoms with Gasteiger partial charge < -0.3 is 53.6 Å². The molecule has 340 valence electrons. The average Bonchev–Trinajstić information content (AvgIpc) is 3.22. The number of carbonyl (C=O) groups excluding carboxylic acids is 2. The second kappa shape index (κ2) is 20.3. The summed E-state index contributed by atoms with van der Waals surface area (Å²) in [7, 11) is 4.94. The zero-order valence-electron chi connectivity index (χ0n) is 38.0. The fraction of sp³-hybridized carbons (Fsp3) is 0.783. The van der Waals surface area contributed by atoms with Crippen LogP contribution < -0.4 is 0 Å². The maximum atomic E-state index is 14.4. The van der Waals surface area contributed by atoms with Crippen molar-refractivity contribution in [3.8, 4) is 12.3 Å². The number of likely N-dealkylation sites (N-methyl/N-ethyl adjacent to an activating group) is 1. The first kappa shape index (κ1) is 50.1. The summed E-state index contributed by atoms with van der Waals surface area (Å²) in [5.41, 5.74) is -2.57. The number of Topliss-reactive ketones (excluding diaryl/α,β-unsaturated/α-hetero) is 1. The molecule has 1 aromatic rings. The summed E-state index contributed by atoms with van der Waals surface area (Å²) in [5.74, 6) is -1.87. The molecule has 3 fully saturated rings. The lowest BCUT2D eigenvalue weighted by atomic mass is 9.72. The van der Waals surface area contributed by atoms with Crippen LogP contribution in [0.1, 0.15) is 106 Å². The first-order valence-corrected chi connectivity index (χ1v) is 21.5. The molecular formula is C46H73NO13. The summed E-state index contributed by atoms with van der Waals surface area (Å²) in [6.45, 7) is 17.7. The van der Waals surface area contributed by atoms with Crippen LogP contribution in [-0.4, -0.2) is 143 Å². The fourth-order valence-electron chi connectivity index (χ4n) is 9.41. The van der Waals surface area contributed by atoms with Gasteiger partial charge in [-0.2, -0.15) is 0 Å². The summed E-state index contributed by atoms with van der Waals surface area (Å²) >= 11 is 0. The van der Waals surface area contributed by atoms with Crippen molar-refractivity contribution in [2.45, 2.75) is 186 Å². The lowest BCUT2D eigenvalue weighted by Crippen LogP contribution is -2.62.